The van der Waals surface area contributed by atoms with Gasteiger partial charge in [0, 0.05) is 23.6 Å². The molecule has 1 aromatic carbocycles. The number of guanidine groups is 1. The number of hydrogen-bond donors (Lipinski definition) is 2. The van der Waals surface area contributed by atoms with Crippen LogP contribution in [0.15, 0.2) is 28.6 Å². The number of nitrogens with one attached hydrogen (secondary N) is 2. The molecule has 0 aliphatic carbocycles. The van der Waals surface area contributed by atoms with E-state index < -0.39 is 0 Å². The molecule has 0 saturated heterocycles. The van der Waals surface area contributed by atoms with Gasteiger partial charge in [0.25, 0.3) is 0 Å². The molecule has 8 heteroatoms. The van der Waals surface area contributed by atoms with Gasteiger partial charge in [0.05, 0.1) is 40.0 Å². The van der Waals surface area contributed by atoms with Crippen molar-refractivity contribution >= 4 is 41.3 Å². The highest BCUT2D eigenvalue weighted by molar-refractivity contribution is 14.0. The number of aliphatic imine (C=N–C) groups is 1. The molecule has 0 atom stereocenters. The quantitative estimate of drug-likeness (QED) is 0.323. The molecule has 0 saturated carbocycles. The van der Waals surface area contributed by atoms with Crippen molar-refractivity contribution in [1.82, 2.24) is 10.6 Å². The Bertz CT molecular complexity index is 725. The van der Waals surface area contributed by atoms with Gasteiger partial charge in [-0.3, -0.25) is 0 Å². The first-order valence-corrected chi connectivity index (χ1v) is 9.34. The predicted octanol–water partition coefficient (Wildman–Crippen LogP) is 3.96. The van der Waals surface area contributed by atoms with Crippen molar-refractivity contribution in [3.05, 3.63) is 39.6 Å². The third-order valence-electron chi connectivity index (χ3n) is 3.94. The summed E-state index contributed by atoms with van der Waals surface area (Å²) in [5.74, 6) is 2.81. The van der Waals surface area contributed by atoms with Crippen LogP contribution in [0.2, 0.25) is 0 Å². The molecular formula is C19H28IN3O3S. The van der Waals surface area contributed by atoms with E-state index in [2.05, 4.69) is 34.0 Å². The number of rotatable bonds is 8. The average Bonchev–Trinajstić information content (AvgIpc) is 3.08. The molecule has 0 amide bonds. The number of benzene rings is 1. The van der Waals surface area contributed by atoms with E-state index in [1.54, 1.807) is 32.7 Å². The van der Waals surface area contributed by atoms with Gasteiger partial charge in [0.15, 0.2) is 5.96 Å². The van der Waals surface area contributed by atoms with Gasteiger partial charge in [-0.05, 0) is 30.9 Å². The second-order valence-electron chi connectivity index (χ2n) is 5.59. The Morgan fingerprint density at radius 1 is 1.07 bits per heavy atom. The van der Waals surface area contributed by atoms with Crippen molar-refractivity contribution in [2.75, 3.05) is 27.9 Å². The molecule has 0 aliphatic heterocycles. The van der Waals surface area contributed by atoms with Gasteiger partial charge in [-0.2, -0.15) is 0 Å². The molecule has 2 rings (SSSR count). The summed E-state index contributed by atoms with van der Waals surface area (Å²) in [6.07, 6.45) is 0. The number of ether oxygens (including phenoxy) is 3. The smallest absolute Gasteiger partial charge is 0.191 e. The fourth-order valence-electron chi connectivity index (χ4n) is 2.48. The number of halogens is 1. The zero-order valence-corrected chi connectivity index (χ0v) is 19.6. The van der Waals surface area contributed by atoms with Crippen LogP contribution >= 0.6 is 35.3 Å². The summed E-state index contributed by atoms with van der Waals surface area (Å²) in [4.78, 5) is 5.98. The number of thiophene rings is 1. The molecule has 0 bridgehead atoms. The van der Waals surface area contributed by atoms with Gasteiger partial charge in [-0.25, -0.2) is 4.99 Å². The van der Waals surface area contributed by atoms with E-state index in [0.29, 0.717) is 23.8 Å². The van der Waals surface area contributed by atoms with Crippen LogP contribution in [0.3, 0.4) is 0 Å². The van der Waals surface area contributed by atoms with Gasteiger partial charge in [0.1, 0.15) is 17.2 Å². The first-order valence-electron chi connectivity index (χ1n) is 8.46. The Labute approximate surface area is 182 Å². The average molecular weight is 505 g/mol. The van der Waals surface area contributed by atoms with E-state index in [1.165, 1.54) is 10.4 Å². The van der Waals surface area contributed by atoms with Crippen molar-refractivity contribution < 1.29 is 14.2 Å². The number of methoxy groups -OCH3 is 3. The van der Waals surface area contributed by atoms with Gasteiger partial charge in [0.2, 0.25) is 0 Å². The second kappa shape index (κ2) is 11.9. The molecule has 0 unspecified atom stereocenters. The summed E-state index contributed by atoms with van der Waals surface area (Å²) in [7, 11) is 4.88. The van der Waals surface area contributed by atoms with Crippen LogP contribution in [0.1, 0.15) is 22.9 Å². The Hall–Kier alpha value is -1.68. The first-order chi connectivity index (χ1) is 12.6. The normalized spacial score (nSPS) is 10.8. The van der Waals surface area contributed by atoms with Crippen LogP contribution in [0, 0.1) is 6.92 Å². The standard InChI is InChI=1S/C19H27N3O3S.HI/c1-6-20-19(22-12-18-13(2)7-8-26-18)21-11-15-16(24-4)9-14(23-3)10-17(15)25-5;/h7-10H,6,11-12H2,1-5H3,(H2,20,21,22);1H. The monoisotopic (exact) mass is 505 g/mol. The van der Waals surface area contributed by atoms with E-state index >= 15 is 0 Å². The highest BCUT2D eigenvalue weighted by atomic mass is 127. The van der Waals surface area contributed by atoms with Crippen molar-refractivity contribution in [3.63, 3.8) is 0 Å². The van der Waals surface area contributed by atoms with Gasteiger partial charge < -0.3 is 24.8 Å². The van der Waals surface area contributed by atoms with E-state index in [4.69, 9.17) is 14.2 Å². The van der Waals surface area contributed by atoms with Crippen LogP contribution in [0.25, 0.3) is 0 Å². The fourth-order valence-corrected chi connectivity index (χ4v) is 3.33. The molecular weight excluding hydrogens is 477 g/mol. The largest absolute Gasteiger partial charge is 0.496 e. The Balaban J connectivity index is 0.00000364. The predicted molar refractivity (Wildman–Crippen MR) is 122 cm³/mol. The van der Waals surface area contributed by atoms with Crippen LogP contribution in [-0.2, 0) is 13.1 Å². The lowest BCUT2D eigenvalue weighted by molar-refractivity contribution is 0.369. The van der Waals surface area contributed by atoms with E-state index in [0.717, 1.165) is 24.6 Å². The second-order valence-corrected chi connectivity index (χ2v) is 6.59. The maximum Gasteiger partial charge on any atom is 0.191 e. The minimum Gasteiger partial charge on any atom is -0.496 e. The zero-order valence-electron chi connectivity index (χ0n) is 16.4. The lowest BCUT2D eigenvalue weighted by Crippen LogP contribution is -2.36. The van der Waals surface area contributed by atoms with Gasteiger partial charge in [-0.15, -0.1) is 35.3 Å². The first kappa shape index (κ1) is 23.4. The molecule has 2 N–H and O–H groups in total. The molecule has 0 spiro atoms. The fraction of sp³-hybridized carbons (Fsp3) is 0.421. The minimum atomic E-state index is 0. The molecule has 0 radical (unpaired) electrons. The summed E-state index contributed by atoms with van der Waals surface area (Å²) in [6.45, 7) is 6.11. The summed E-state index contributed by atoms with van der Waals surface area (Å²) >= 11 is 1.74. The summed E-state index contributed by atoms with van der Waals surface area (Å²) in [6, 6.07) is 5.80. The van der Waals surface area contributed by atoms with E-state index in [1.807, 2.05) is 19.1 Å². The molecule has 150 valence electrons. The highest BCUT2D eigenvalue weighted by Crippen LogP contribution is 2.34. The Morgan fingerprint density at radius 2 is 1.74 bits per heavy atom. The van der Waals surface area contributed by atoms with Crippen molar-refractivity contribution in [2.24, 2.45) is 4.99 Å². The molecule has 1 aromatic heterocycles. The Kier molecular flexibility index (Phi) is 10.3. The lowest BCUT2D eigenvalue weighted by atomic mass is 10.1. The van der Waals surface area contributed by atoms with Crippen LogP contribution in [-0.4, -0.2) is 33.8 Å². The summed E-state index contributed by atoms with van der Waals surface area (Å²) in [5.41, 5.74) is 2.16. The molecule has 6 nitrogen and oxygen atoms in total. The van der Waals surface area contributed by atoms with Crippen molar-refractivity contribution in [1.29, 1.82) is 0 Å². The molecule has 0 aliphatic rings. The van der Waals surface area contributed by atoms with Crippen LogP contribution < -0.4 is 24.8 Å². The lowest BCUT2D eigenvalue weighted by Gasteiger charge is -2.15. The number of aryl methyl sites for hydroxylation is 1. The third-order valence-corrected chi connectivity index (χ3v) is 4.96. The van der Waals surface area contributed by atoms with Crippen LogP contribution in [0.5, 0.6) is 17.2 Å². The molecule has 2 aromatic rings. The number of nitrogens with zero attached hydrogens (tertiary/aromatic N) is 1. The van der Waals surface area contributed by atoms with Gasteiger partial charge in [-0.1, -0.05) is 0 Å². The topological polar surface area (TPSA) is 64.1 Å². The molecule has 27 heavy (non-hydrogen) atoms. The maximum atomic E-state index is 5.49. The maximum absolute atomic E-state index is 5.49. The third kappa shape index (κ3) is 6.46. The zero-order chi connectivity index (χ0) is 18.9. The Morgan fingerprint density at radius 3 is 2.22 bits per heavy atom. The molecule has 1 heterocycles. The van der Waals surface area contributed by atoms with Crippen molar-refractivity contribution in [2.45, 2.75) is 26.9 Å². The van der Waals surface area contributed by atoms with Crippen LogP contribution in [0.4, 0.5) is 0 Å². The molecule has 0 fully saturated rings. The SMILES string of the molecule is CCNC(=NCc1c(OC)cc(OC)cc1OC)NCc1sccc1C.I. The summed E-state index contributed by atoms with van der Waals surface area (Å²) < 4.78 is 16.3. The van der Waals surface area contributed by atoms with E-state index in [-0.39, 0.29) is 24.0 Å². The highest BCUT2D eigenvalue weighted by Gasteiger charge is 2.13. The van der Waals surface area contributed by atoms with Crippen molar-refractivity contribution in [3.8, 4) is 17.2 Å². The van der Waals surface area contributed by atoms with E-state index in [9.17, 15) is 0 Å². The van der Waals surface area contributed by atoms with Gasteiger partial charge >= 0.3 is 0 Å². The summed E-state index contributed by atoms with van der Waals surface area (Å²) in [5, 5.41) is 8.74. The number of hydrogen-bond acceptors (Lipinski definition) is 5. The minimum absolute atomic E-state index is 0.